The highest BCUT2D eigenvalue weighted by molar-refractivity contribution is 7.94. The second kappa shape index (κ2) is 6.35. The van der Waals surface area contributed by atoms with Crippen LogP contribution in [0, 0.1) is 6.92 Å². The third-order valence-electron chi connectivity index (χ3n) is 3.82. The zero-order chi connectivity index (χ0) is 18.3. The number of nitrogens with zero attached hydrogens (tertiary/aromatic N) is 3. The molecule has 26 heavy (non-hydrogen) atoms. The van der Waals surface area contributed by atoms with Crippen molar-refractivity contribution in [3.63, 3.8) is 0 Å². The Bertz CT molecular complexity index is 1200. The number of anilines is 1. The Morgan fingerprint density at radius 3 is 2.81 bits per heavy atom. The van der Waals surface area contributed by atoms with Crippen molar-refractivity contribution in [2.24, 2.45) is 0 Å². The molecule has 2 N–H and O–H groups in total. The van der Waals surface area contributed by atoms with Gasteiger partial charge in [-0.25, -0.2) is 8.42 Å². The Kier molecular flexibility index (Phi) is 4.14. The summed E-state index contributed by atoms with van der Waals surface area (Å²) < 4.78 is 29.5. The highest BCUT2D eigenvalue weighted by Crippen LogP contribution is 2.36. The molecule has 7 nitrogen and oxygen atoms in total. The Morgan fingerprint density at radius 2 is 2.04 bits per heavy atom. The number of tetrazole rings is 1. The summed E-state index contributed by atoms with van der Waals surface area (Å²) >= 11 is 7.24. The number of rotatable bonds is 4. The Balaban J connectivity index is 1.72. The van der Waals surface area contributed by atoms with Crippen molar-refractivity contribution in [2.75, 3.05) is 4.72 Å². The summed E-state index contributed by atoms with van der Waals surface area (Å²) in [5, 5.41) is 15.1. The first-order chi connectivity index (χ1) is 12.4. The smallest absolute Gasteiger partial charge is 0.271 e. The van der Waals surface area contributed by atoms with E-state index in [2.05, 4.69) is 25.3 Å². The molecule has 0 atom stereocenters. The standard InChI is InChI=1S/C16H12ClN5O2S2/c1-9-13-8-11(17)5-6-14(13)25-16(9)26(23,24)20-12-4-2-3-10(7-12)15-18-21-22-19-15/h2-8,20H,1H3,(H,18,19,21,22). The molecule has 0 saturated carbocycles. The third kappa shape index (κ3) is 3.05. The molecule has 2 aromatic heterocycles. The number of hydrogen-bond acceptors (Lipinski definition) is 6. The lowest BCUT2D eigenvalue weighted by atomic mass is 10.2. The van der Waals surface area contributed by atoms with Gasteiger partial charge in [0.25, 0.3) is 10.0 Å². The molecule has 0 aliphatic heterocycles. The molecule has 10 heteroatoms. The van der Waals surface area contributed by atoms with Crippen molar-refractivity contribution in [3.8, 4) is 11.4 Å². The number of sulfonamides is 1. The van der Waals surface area contributed by atoms with Gasteiger partial charge < -0.3 is 0 Å². The van der Waals surface area contributed by atoms with Crippen LogP contribution in [0.5, 0.6) is 0 Å². The molecular weight excluding hydrogens is 394 g/mol. The van der Waals surface area contributed by atoms with Crippen LogP contribution in [0.3, 0.4) is 0 Å². The summed E-state index contributed by atoms with van der Waals surface area (Å²) in [4.78, 5) is 0. The number of nitrogens with one attached hydrogen (secondary N) is 2. The van der Waals surface area contributed by atoms with Crippen molar-refractivity contribution < 1.29 is 8.42 Å². The molecule has 2 heterocycles. The van der Waals surface area contributed by atoms with Gasteiger partial charge in [-0.3, -0.25) is 4.72 Å². The van der Waals surface area contributed by atoms with Gasteiger partial charge in [0.1, 0.15) is 4.21 Å². The number of aromatic nitrogens is 4. The Labute approximate surface area is 158 Å². The van der Waals surface area contributed by atoms with Crippen LogP contribution in [0.1, 0.15) is 5.56 Å². The predicted molar refractivity (Wildman–Crippen MR) is 102 cm³/mol. The zero-order valence-electron chi connectivity index (χ0n) is 13.4. The van der Waals surface area contributed by atoms with E-state index in [1.807, 2.05) is 6.07 Å². The second-order valence-corrected chi connectivity index (χ2v) is 8.94. The molecule has 0 bridgehead atoms. The Hall–Kier alpha value is -2.49. The fourth-order valence-electron chi connectivity index (χ4n) is 2.63. The van der Waals surface area contributed by atoms with E-state index in [9.17, 15) is 8.42 Å². The van der Waals surface area contributed by atoms with Gasteiger partial charge in [-0.1, -0.05) is 23.7 Å². The molecule has 4 aromatic rings. The number of fused-ring (bicyclic) bond motifs is 1. The first kappa shape index (κ1) is 17.0. The number of aromatic amines is 1. The van der Waals surface area contributed by atoms with Gasteiger partial charge in [-0.2, -0.15) is 5.21 Å². The van der Waals surface area contributed by atoms with E-state index in [0.29, 0.717) is 27.7 Å². The maximum Gasteiger partial charge on any atom is 0.271 e. The fraction of sp³-hybridized carbons (Fsp3) is 0.0625. The van der Waals surface area contributed by atoms with E-state index >= 15 is 0 Å². The number of benzene rings is 2. The molecule has 0 unspecified atom stereocenters. The van der Waals surface area contributed by atoms with Gasteiger partial charge in [0.05, 0.1) is 0 Å². The molecule has 0 spiro atoms. The van der Waals surface area contributed by atoms with Gasteiger partial charge >= 0.3 is 0 Å². The summed E-state index contributed by atoms with van der Waals surface area (Å²) in [6, 6.07) is 12.2. The third-order valence-corrected chi connectivity index (χ3v) is 7.33. The number of H-pyrrole nitrogens is 1. The summed E-state index contributed by atoms with van der Waals surface area (Å²) in [7, 11) is -3.74. The molecule has 0 amide bonds. The highest BCUT2D eigenvalue weighted by atomic mass is 35.5. The lowest BCUT2D eigenvalue weighted by molar-refractivity contribution is 0.603. The normalized spacial score (nSPS) is 11.8. The minimum absolute atomic E-state index is 0.264. The van der Waals surface area contributed by atoms with Crippen molar-refractivity contribution in [2.45, 2.75) is 11.1 Å². The molecule has 0 saturated heterocycles. The van der Waals surface area contributed by atoms with Crippen LogP contribution < -0.4 is 4.72 Å². The highest BCUT2D eigenvalue weighted by Gasteiger charge is 2.22. The number of halogens is 1. The number of aryl methyl sites for hydroxylation is 1. The van der Waals surface area contributed by atoms with Gasteiger partial charge in [0, 0.05) is 21.0 Å². The molecule has 132 valence electrons. The number of hydrogen-bond donors (Lipinski definition) is 2. The first-order valence-corrected chi connectivity index (χ1v) is 10.2. The summed E-state index contributed by atoms with van der Waals surface area (Å²) in [5.41, 5.74) is 1.75. The van der Waals surface area contributed by atoms with Crippen LogP contribution in [-0.2, 0) is 10.0 Å². The van der Waals surface area contributed by atoms with Gasteiger partial charge in [-0.05, 0) is 53.4 Å². The number of thiophene rings is 1. The average Bonchev–Trinajstić information content (AvgIpc) is 3.24. The van der Waals surface area contributed by atoms with Gasteiger partial charge in [0.2, 0.25) is 5.82 Å². The maximum atomic E-state index is 12.9. The maximum absolute atomic E-state index is 12.9. The zero-order valence-corrected chi connectivity index (χ0v) is 15.8. The van der Waals surface area contributed by atoms with Crippen LogP contribution in [0.2, 0.25) is 5.02 Å². The lowest BCUT2D eigenvalue weighted by Crippen LogP contribution is -2.12. The SMILES string of the molecule is Cc1c(S(=O)(=O)Nc2cccc(-c3nn[nH]n3)c2)sc2ccc(Cl)cc12. The van der Waals surface area contributed by atoms with Gasteiger partial charge in [-0.15, -0.1) is 21.5 Å². The van der Waals surface area contributed by atoms with E-state index in [4.69, 9.17) is 11.6 Å². The predicted octanol–water partition coefficient (Wildman–Crippen LogP) is 3.84. The van der Waals surface area contributed by atoms with E-state index in [0.717, 1.165) is 10.1 Å². The lowest BCUT2D eigenvalue weighted by Gasteiger charge is -2.08. The fourth-order valence-corrected chi connectivity index (χ4v) is 5.60. The van der Waals surface area contributed by atoms with Crippen LogP contribution in [-0.4, -0.2) is 29.0 Å². The molecule has 0 radical (unpaired) electrons. The van der Waals surface area contributed by atoms with E-state index in [-0.39, 0.29) is 4.21 Å². The molecular formula is C16H12ClN5O2S2. The van der Waals surface area contributed by atoms with Crippen molar-refractivity contribution in [1.82, 2.24) is 20.6 Å². The minimum Gasteiger partial charge on any atom is -0.279 e. The van der Waals surface area contributed by atoms with Crippen molar-refractivity contribution in [1.29, 1.82) is 0 Å². The summed E-state index contributed by atoms with van der Waals surface area (Å²) in [6.07, 6.45) is 0. The van der Waals surface area contributed by atoms with Crippen molar-refractivity contribution >= 4 is 48.7 Å². The minimum atomic E-state index is -3.74. The van der Waals surface area contributed by atoms with Crippen LogP contribution in [0.4, 0.5) is 5.69 Å². The van der Waals surface area contributed by atoms with Gasteiger partial charge in [0.15, 0.2) is 0 Å². The topological polar surface area (TPSA) is 101 Å². The van der Waals surface area contributed by atoms with Crippen LogP contribution >= 0.6 is 22.9 Å². The first-order valence-electron chi connectivity index (χ1n) is 7.49. The van der Waals surface area contributed by atoms with Crippen molar-refractivity contribution in [3.05, 3.63) is 53.1 Å². The molecule has 2 aromatic carbocycles. The quantitative estimate of drug-likeness (QED) is 0.537. The van der Waals surface area contributed by atoms with E-state index < -0.39 is 10.0 Å². The summed E-state index contributed by atoms with van der Waals surface area (Å²) in [6.45, 7) is 1.78. The largest absolute Gasteiger partial charge is 0.279 e. The van der Waals surface area contributed by atoms with Crippen LogP contribution in [0.25, 0.3) is 21.5 Å². The monoisotopic (exact) mass is 405 g/mol. The molecule has 4 rings (SSSR count). The second-order valence-electron chi connectivity index (χ2n) is 5.58. The van der Waals surface area contributed by atoms with E-state index in [1.54, 1.807) is 43.3 Å². The summed E-state index contributed by atoms with van der Waals surface area (Å²) in [5.74, 6) is 0.388. The molecule has 0 aliphatic carbocycles. The molecule has 0 aliphatic rings. The molecule has 0 fully saturated rings. The average molecular weight is 406 g/mol. The van der Waals surface area contributed by atoms with E-state index in [1.165, 1.54) is 11.3 Å². The Morgan fingerprint density at radius 1 is 1.19 bits per heavy atom. The van der Waals surface area contributed by atoms with Crippen LogP contribution in [0.15, 0.2) is 46.7 Å².